The van der Waals surface area contributed by atoms with Gasteiger partial charge in [-0.25, -0.2) is 0 Å². The molecule has 1 heteroatoms. The van der Waals surface area contributed by atoms with Gasteiger partial charge in [-0.2, -0.15) is 0 Å². The highest BCUT2D eigenvalue weighted by molar-refractivity contribution is 5.01. The molecule has 0 spiro atoms. The van der Waals surface area contributed by atoms with Crippen molar-refractivity contribution in [2.45, 2.75) is 105 Å². The maximum Gasteiger partial charge on any atom is 0.0102 e. The molecule has 1 nitrogen and oxygen atoms in total. The first-order chi connectivity index (χ1) is 11.7. The van der Waals surface area contributed by atoms with E-state index in [1.165, 1.54) is 64.3 Å². The van der Waals surface area contributed by atoms with Crippen molar-refractivity contribution in [1.29, 1.82) is 0 Å². The molecule has 0 amide bonds. The van der Waals surface area contributed by atoms with Gasteiger partial charge in [-0.1, -0.05) is 67.2 Å². The van der Waals surface area contributed by atoms with Crippen molar-refractivity contribution in [3.05, 3.63) is 0 Å². The summed E-state index contributed by atoms with van der Waals surface area (Å²) < 4.78 is 0. The summed E-state index contributed by atoms with van der Waals surface area (Å²) in [5.74, 6) is 4.86. The molecule has 0 saturated heterocycles. The quantitative estimate of drug-likeness (QED) is 0.566. The van der Waals surface area contributed by atoms with Gasteiger partial charge >= 0.3 is 0 Å². The Balaban J connectivity index is 1.48. The van der Waals surface area contributed by atoms with E-state index in [1.54, 1.807) is 0 Å². The van der Waals surface area contributed by atoms with Crippen LogP contribution in [-0.4, -0.2) is 12.6 Å². The minimum atomic E-state index is 0.516. The Morgan fingerprint density at radius 2 is 1.80 bits per heavy atom. The average molecular weight is 348 g/mol. The van der Waals surface area contributed by atoms with Crippen molar-refractivity contribution < 1.29 is 0 Å². The fourth-order valence-electron chi connectivity index (χ4n) is 6.88. The molecule has 3 rings (SSSR count). The van der Waals surface area contributed by atoms with Gasteiger partial charge in [0.2, 0.25) is 0 Å². The molecule has 0 radical (unpaired) electrons. The lowest BCUT2D eigenvalue weighted by molar-refractivity contribution is 0.0514. The summed E-state index contributed by atoms with van der Waals surface area (Å²) in [4.78, 5) is 0. The first kappa shape index (κ1) is 19.7. The van der Waals surface area contributed by atoms with E-state index >= 15 is 0 Å². The second kappa shape index (κ2) is 7.53. The Morgan fingerprint density at radius 1 is 1.04 bits per heavy atom. The third kappa shape index (κ3) is 5.02. The molecule has 0 aliphatic heterocycles. The van der Waals surface area contributed by atoms with E-state index in [0.717, 1.165) is 35.6 Å². The first-order valence-corrected chi connectivity index (χ1v) is 11.4. The summed E-state index contributed by atoms with van der Waals surface area (Å²) in [6, 6.07) is 0.845. The molecule has 3 aliphatic rings. The van der Waals surface area contributed by atoms with Gasteiger partial charge in [0.1, 0.15) is 0 Å². The summed E-state index contributed by atoms with van der Waals surface area (Å²) in [6.07, 6.45) is 13.1. The van der Waals surface area contributed by atoms with Gasteiger partial charge in [-0.05, 0) is 72.5 Å². The van der Waals surface area contributed by atoms with Crippen LogP contribution in [0.4, 0.5) is 0 Å². The molecule has 3 saturated carbocycles. The summed E-state index contributed by atoms with van der Waals surface area (Å²) in [5, 5.41) is 4.04. The monoisotopic (exact) mass is 347 g/mol. The van der Waals surface area contributed by atoms with E-state index in [9.17, 15) is 0 Å². The van der Waals surface area contributed by atoms with E-state index < -0.39 is 0 Å². The minimum absolute atomic E-state index is 0.516. The molecule has 0 aromatic heterocycles. The van der Waals surface area contributed by atoms with Gasteiger partial charge < -0.3 is 5.32 Å². The zero-order valence-corrected chi connectivity index (χ0v) is 18.0. The largest absolute Gasteiger partial charge is 0.313 e. The van der Waals surface area contributed by atoms with Gasteiger partial charge in [0.25, 0.3) is 0 Å². The minimum Gasteiger partial charge on any atom is -0.313 e. The van der Waals surface area contributed by atoms with Crippen LogP contribution in [0.5, 0.6) is 0 Å². The van der Waals surface area contributed by atoms with Gasteiger partial charge in [-0.15, -0.1) is 0 Å². The molecular weight excluding hydrogens is 302 g/mol. The number of hydrogen-bond donors (Lipinski definition) is 1. The SMILES string of the molecule is CCC1CC(C)(C)CC(C)(CNC2CC2[C@@H]2CCC[C@H](C(C)C)C2)C1. The average Bonchev–Trinajstić information content (AvgIpc) is 3.31. The molecule has 3 fully saturated rings. The molecule has 0 aromatic rings. The molecular formula is C24H45N. The highest BCUT2D eigenvalue weighted by Gasteiger charge is 2.46. The van der Waals surface area contributed by atoms with E-state index in [1.807, 2.05) is 0 Å². The lowest BCUT2D eigenvalue weighted by Gasteiger charge is -2.47. The van der Waals surface area contributed by atoms with E-state index in [4.69, 9.17) is 0 Å². The standard InChI is InChI=1S/C24H45N/c1-7-18-13-23(4,5)15-24(6,14-18)16-25-22-12-21(22)20-10-8-9-19(11-20)17(2)3/h17-22,25H,7-16H2,1-6H3/t18?,19-,20+,21?,22?,24?/m0/s1. The molecule has 146 valence electrons. The van der Waals surface area contributed by atoms with Crippen LogP contribution < -0.4 is 5.32 Å². The molecule has 0 aromatic carbocycles. The zero-order chi connectivity index (χ0) is 18.2. The lowest BCUT2D eigenvalue weighted by atomic mass is 9.60. The lowest BCUT2D eigenvalue weighted by Crippen LogP contribution is -2.43. The second-order valence-corrected chi connectivity index (χ2v) is 11.7. The predicted octanol–water partition coefficient (Wildman–Crippen LogP) is 6.67. The summed E-state index contributed by atoms with van der Waals surface area (Å²) in [7, 11) is 0. The van der Waals surface area contributed by atoms with Crippen molar-refractivity contribution in [3.63, 3.8) is 0 Å². The van der Waals surface area contributed by atoms with Crippen LogP contribution in [0, 0.1) is 40.4 Å². The van der Waals surface area contributed by atoms with Crippen LogP contribution in [0.15, 0.2) is 0 Å². The molecule has 3 aliphatic carbocycles. The fraction of sp³-hybridized carbons (Fsp3) is 1.00. The van der Waals surface area contributed by atoms with Crippen LogP contribution in [0.2, 0.25) is 0 Å². The van der Waals surface area contributed by atoms with Crippen molar-refractivity contribution >= 4 is 0 Å². The van der Waals surface area contributed by atoms with Gasteiger partial charge in [0, 0.05) is 12.6 Å². The Kier molecular flexibility index (Phi) is 5.94. The number of hydrogen-bond acceptors (Lipinski definition) is 1. The van der Waals surface area contributed by atoms with Gasteiger partial charge in [0.05, 0.1) is 0 Å². The molecule has 25 heavy (non-hydrogen) atoms. The molecule has 0 heterocycles. The third-order valence-corrected chi connectivity index (χ3v) is 8.04. The second-order valence-electron chi connectivity index (χ2n) is 11.7. The van der Waals surface area contributed by atoms with Crippen molar-refractivity contribution in [3.8, 4) is 0 Å². The predicted molar refractivity (Wildman–Crippen MR) is 110 cm³/mol. The Labute approximate surface area is 158 Å². The van der Waals surface area contributed by atoms with Crippen molar-refractivity contribution in [2.24, 2.45) is 40.4 Å². The van der Waals surface area contributed by atoms with Gasteiger partial charge in [0.15, 0.2) is 0 Å². The number of nitrogens with one attached hydrogen (secondary N) is 1. The number of rotatable bonds is 6. The first-order valence-electron chi connectivity index (χ1n) is 11.4. The van der Waals surface area contributed by atoms with Crippen LogP contribution in [0.1, 0.15) is 99.3 Å². The molecule has 1 N–H and O–H groups in total. The molecule has 6 atom stereocenters. The third-order valence-electron chi connectivity index (χ3n) is 8.04. The Hall–Kier alpha value is -0.0400. The van der Waals surface area contributed by atoms with E-state index in [2.05, 4.69) is 46.9 Å². The maximum absolute atomic E-state index is 4.04. The summed E-state index contributed by atoms with van der Waals surface area (Å²) >= 11 is 0. The Morgan fingerprint density at radius 3 is 2.48 bits per heavy atom. The molecule has 0 bridgehead atoms. The van der Waals surface area contributed by atoms with Gasteiger partial charge in [-0.3, -0.25) is 0 Å². The highest BCUT2D eigenvalue weighted by atomic mass is 15.0. The van der Waals surface area contributed by atoms with Crippen molar-refractivity contribution in [1.82, 2.24) is 5.32 Å². The normalized spacial score (nSPS) is 44.0. The zero-order valence-electron chi connectivity index (χ0n) is 18.0. The molecule has 4 unspecified atom stereocenters. The van der Waals surface area contributed by atoms with Crippen LogP contribution in [0.3, 0.4) is 0 Å². The van der Waals surface area contributed by atoms with Crippen LogP contribution in [-0.2, 0) is 0 Å². The maximum atomic E-state index is 4.04. The topological polar surface area (TPSA) is 12.0 Å². The van der Waals surface area contributed by atoms with E-state index in [0.29, 0.717) is 10.8 Å². The van der Waals surface area contributed by atoms with Crippen LogP contribution >= 0.6 is 0 Å². The fourth-order valence-corrected chi connectivity index (χ4v) is 6.88. The highest BCUT2D eigenvalue weighted by Crippen LogP contribution is 2.51. The van der Waals surface area contributed by atoms with E-state index in [-0.39, 0.29) is 0 Å². The summed E-state index contributed by atoms with van der Waals surface area (Å²) in [6.45, 7) is 16.1. The summed E-state index contributed by atoms with van der Waals surface area (Å²) in [5.41, 5.74) is 1.05. The van der Waals surface area contributed by atoms with Crippen molar-refractivity contribution in [2.75, 3.05) is 6.54 Å². The Bertz CT molecular complexity index is 439. The smallest absolute Gasteiger partial charge is 0.0102 e. The van der Waals surface area contributed by atoms with Crippen LogP contribution in [0.25, 0.3) is 0 Å².